The van der Waals surface area contributed by atoms with Crippen LogP contribution in [0.2, 0.25) is 0 Å². The first-order valence-electron chi connectivity index (χ1n) is 8.27. The summed E-state index contributed by atoms with van der Waals surface area (Å²) in [6.07, 6.45) is 7.52. The lowest BCUT2D eigenvalue weighted by atomic mass is 10.0. The maximum absolute atomic E-state index is 4.86. The monoisotopic (exact) mass is 333 g/mol. The topological polar surface area (TPSA) is 19.4 Å². The van der Waals surface area contributed by atoms with Crippen molar-refractivity contribution < 1.29 is 0 Å². The quantitative estimate of drug-likeness (QED) is 0.788. The number of piperidine rings is 1. The van der Waals surface area contributed by atoms with Crippen molar-refractivity contribution in [3.8, 4) is 0 Å². The summed E-state index contributed by atoms with van der Waals surface area (Å²) in [6.45, 7) is 4.97. The van der Waals surface area contributed by atoms with Gasteiger partial charge in [-0.05, 0) is 63.2 Å². The average Bonchev–Trinajstić information content (AvgIpc) is 3.23. The molecule has 0 amide bonds. The van der Waals surface area contributed by atoms with Crippen LogP contribution < -0.4 is 4.90 Å². The van der Waals surface area contributed by atoms with Gasteiger partial charge in [0.15, 0.2) is 5.13 Å². The number of fused-ring (bicyclic) bond motifs is 1. The van der Waals surface area contributed by atoms with Gasteiger partial charge in [0.25, 0.3) is 0 Å². The first kappa shape index (κ1) is 14.8. The predicted molar refractivity (Wildman–Crippen MR) is 97.4 cm³/mol. The van der Waals surface area contributed by atoms with E-state index < -0.39 is 0 Å². The van der Waals surface area contributed by atoms with Crippen LogP contribution >= 0.6 is 23.1 Å². The molecule has 2 saturated heterocycles. The molecule has 0 bridgehead atoms. The van der Waals surface area contributed by atoms with E-state index >= 15 is 0 Å². The van der Waals surface area contributed by atoms with Crippen LogP contribution in [0.4, 0.5) is 5.13 Å². The maximum atomic E-state index is 4.86. The zero-order valence-corrected chi connectivity index (χ0v) is 14.8. The van der Waals surface area contributed by atoms with E-state index in [1.165, 1.54) is 53.5 Å². The standard InChI is InChI=1S/C17H23N3S2/c1-21-14-4-5-15-16(12-14)22-17(18-15)20-10-6-13(7-11-20)19-8-2-3-9-19/h4-5,12-13H,2-3,6-11H2,1H3. The fourth-order valence-corrected chi connectivity index (χ4v) is 5.25. The molecule has 0 saturated carbocycles. The van der Waals surface area contributed by atoms with E-state index in [9.17, 15) is 0 Å². The van der Waals surface area contributed by atoms with Gasteiger partial charge in [-0.2, -0.15) is 0 Å². The molecule has 0 radical (unpaired) electrons. The molecule has 0 spiro atoms. The van der Waals surface area contributed by atoms with E-state index in [4.69, 9.17) is 4.98 Å². The van der Waals surface area contributed by atoms with Crippen molar-refractivity contribution >= 4 is 38.4 Å². The third kappa shape index (κ3) is 2.86. The number of aromatic nitrogens is 1. The van der Waals surface area contributed by atoms with Crippen LogP contribution in [0, 0.1) is 0 Å². The van der Waals surface area contributed by atoms with Crippen molar-refractivity contribution in [3.63, 3.8) is 0 Å². The van der Waals surface area contributed by atoms with E-state index in [0.29, 0.717) is 0 Å². The molecular weight excluding hydrogens is 310 g/mol. The summed E-state index contributed by atoms with van der Waals surface area (Å²) in [5.41, 5.74) is 1.15. The molecule has 5 heteroatoms. The molecule has 0 atom stereocenters. The summed E-state index contributed by atoms with van der Waals surface area (Å²) in [6, 6.07) is 7.43. The third-order valence-electron chi connectivity index (χ3n) is 4.98. The highest BCUT2D eigenvalue weighted by atomic mass is 32.2. The largest absolute Gasteiger partial charge is 0.348 e. The van der Waals surface area contributed by atoms with Crippen molar-refractivity contribution in [3.05, 3.63) is 18.2 Å². The minimum atomic E-state index is 0.816. The molecule has 3 nitrogen and oxygen atoms in total. The normalized spacial score (nSPS) is 21.0. The summed E-state index contributed by atoms with van der Waals surface area (Å²) in [5, 5.41) is 1.22. The van der Waals surface area contributed by atoms with Gasteiger partial charge in [0.1, 0.15) is 0 Å². The Balaban J connectivity index is 1.46. The number of thioether (sulfide) groups is 1. The molecule has 2 aliphatic rings. The Morgan fingerprint density at radius 1 is 1.14 bits per heavy atom. The number of nitrogens with zero attached hydrogens (tertiary/aromatic N) is 3. The molecule has 22 heavy (non-hydrogen) atoms. The molecule has 1 aromatic heterocycles. The van der Waals surface area contributed by atoms with Gasteiger partial charge < -0.3 is 9.80 Å². The predicted octanol–water partition coefficient (Wildman–Crippen LogP) is 4.08. The van der Waals surface area contributed by atoms with Crippen molar-refractivity contribution in [2.24, 2.45) is 0 Å². The summed E-state index contributed by atoms with van der Waals surface area (Å²) in [5.74, 6) is 0. The van der Waals surface area contributed by atoms with Crippen LogP contribution in [-0.2, 0) is 0 Å². The molecule has 2 aliphatic heterocycles. The molecule has 0 N–H and O–H groups in total. The Bertz CT molecular complexity index is 640. The summed E-state index contributed by atoms with van der Waals surface area (Å²) < 4.78 is 1.32. The van der Waals surface area contributed by atoms with Gasteiger partial charge in [0.05, 0.1) is 10.2 Å². The summed E-state index contributed by atoms with van der Waals surface area (Å²) in [4.78, 5) is 11.4. The molecule has 0 aliphatic carbocycles. The van der Waals surface area contributed by atoms with Gasteiger partial charge >= 0.3 is 0 Å². The van der Waals surface area contributed by atoms with E-state index in [1.54, 1.807) is 11.8 Å². The number of anilines is 1. The molecular formula is C17H23N3S2. The second-order valence-corrected chi connectivity index (χ2v) is 8.18. The number of thiazole rings is 1. The highest BCUT2D eigenvalue weighted by Gasteiger charge is 2.27. The number of benzene rings is 1. The first-order chi connectivity index (χ1) is 10.8. The van der Waals surface area contributed by atoms with Gasteiger partial charge in [-0.15, -0.1) is 11.8 Å². The van der Waals surface area contributed by atoms with Gasteiger partial charge in [0, 0.05) is 24.0 Å². The van der Waals surface area contributed by atoms with Crippen LogP contribution in [0.15, 0.2) is 23.1 Å². The number of rotatable bonds is 3. The lowest BCUT2D eigenvalue weighted by Gasteiger charge is -2.36. The van der Waals surface area contributed by atoms with E-state index in [1.807, 2.05) is 11.3 Å². The minimum Gasteiger partial charge on any atom is -0.348 e. The Kier molecular flexibility index (Phi) is 4.29. The van der Waals surface area contributed by atoms with Gasteiger partial charge in [-0.25, -0.2) is 4.98 Å². The molecule has 2 aromatic rings. The lowest BCUT2D eigenvalue weighted by molar-refractivity contribution is 0.208. The highest BCUT2D eigenvalue weighted by molar-refractivity contribution is 7.98. The first-order valence-corrected chi connectivity index (χ1v) is 10.3. The Hall–Kier alpha value is -0.780. The Labute approximate surface area is 140 Å². The number of hydrogen-bond acceptors (Lipinski definition) is 5. The van der Waals surface area contributed by atoms with Crippen molar-refractivity contribution in [1.82, 2.24) is 9.88 Å². The van der Waals surface area contributed by atoms with Crippen LogP contribution in [-0.4, -0.2) is 48.4 Å². The van der Waals surface area contributed by atoms with E-state index in [0.717, 1.165) is 24.6 Å². The summed E-state index contributed by atoms with van der Waals surface area (Å²) >= 11 is 3.66. The highest BCUT2D eigenvalue weighted by Crippen LogP contribution is 2.33. The van der Waals surface area contributed by atoms with Gasteiger partial charge in [-0.1, -0.05) is 11.3 Å². The van der Waals surface area contributed by atoms with E-state index in [-0.39, 0.29) is 0 Å². The second kappa shape index (κ2) is 6.38. The smallest absolute Gasteiger partial charge is 0.186 e. The molecule has 3 heterocycles. The zero-order valence-electron chi connectivity index (χ0n) is 13.1. The van der Waals surface area contributed by atoms with Crippen molar-refractivity contribution in [1.29, 1.82) is 0 Å². The van der Waals surface area contributed by atoms with Crippen LogP contribution in [0.5, 0.6) is 0 Å². The second-order valence-electron chi connectivity index (χ2n) is 6.29. The Morgan fingerprint density at radius 2 is 1.91 bits per heavy atom. The lowest BCUT2D eigenvalue weighted by Crippen LogP contribution is -2.43. The maximum Gasteiger partial charge on any atom is 0.186 e. The third-order valence-corrected chi connectivity index (χ3v) is 6.78. The average molecular weight is 334 g/mol. The molecule has 0 unspecified atom stereocenters. The summed E-state index contributed by atoms with van der Waals surface area (Å²) in [7, 11) is 0. The van der Waals surface area contributed by atoms with Gasteiger partial charge in [-0.3, -0.25) is 0 Å². The van der Waals surface area contributed by atoms with Crippen LogP contribution in [0.25, 0.3) is 10.2 Å². The molecule has 1 aromatic carbocycles. The van der Waals surface area contributed by atoms with Crippen LogP contribution in [0.1, 0.15) is 25.7 Å². The Morgan fingerprint density at radius 3 is 2.64 bits per heavy atom. The van der Waals surface area contributed by atoms with Crippen molar-refractivity contribution in [2.45, 2.75) is 36.6 Å². The minimum absolute atomic E-state index is 0.816. The van der Waals surface area contributed by atoms with Gasteiger partial charge in [0.2, 0.25) is 0 Å². The van der Waals surface area contributed by atoms with E-state index in [2.05, 4.69) is 34.3 Å². The number of likely N-dealkylation sites (tertiary alicyclic amines) is 1. The molecule has 118 valence electrons. The molecule has 4 rings (SSSR count). The number of hydrogen-bond donors (Lipinski definition) is 0. The fourth-order valence-electron chi connectivity index (χ4n) is 3.68. The molecule has 2 fully saturated rings. The fraction of sp³-hybridized carbons (Fsp3) is 0.588. The SMILES string of the molecule is CSc1ccc2nc(N3CCC(N4CCCC4)CC3)sc2c1. The van der Waals surface area contributed by atoms with Crippen LogP contribution in [0.3, 0.4) is 0 Å². The zero-order chi connectivity index (χ0) is 14.9. The van der Waals surface area contributed by atoms with Crippen molar-refractivity contribution in [2.75, 3.05) is 37.3 Å².